The van der Waals surface area contributed by atoms with Crippen LogP contribution in [0.15, 0.2) is 36.4 Å². The first-order valence-electron chi connectivity index (χ1n) is 13.6. The number of hydrogen-bond donors (Lipinski definition) is 2. The van der Waals surface area contributed by atoms with E-state index in [1.807, 2.05) is 43.3 Å². The van der Waals surface area contributed by atoms with Gasteiger partial charge in [-0.05, 0) is 55.7 Å². The number of likely N-dealkylation sites (tertiary alicyclic amines) is 1. The monoisotopic (exact) mass is 493 g/mol. The number of aryl methyl sites for hydroxylation is 1. The fraction of sp³-hybridized carbons (Fsp3) is 0.621. The molecule has 2 bridgehead atoms. The summed E-state index contributed by atoms with van der Waals surface area (Å²) in [5.74, 6) is -1.13. The van der Waals surface area contributed by atoms with Crippen molar-refractivity contribution in [3.63, 3.8) is 0 Å². The van der Waals surface area contributed by atoms with E-state index < -0.39 is 29.6 Å². The van der Waals surface area contributed by atoms with Crippen molar-refractivity contribution in [2.45, 2.75) is 83.6 Å². The number of anilines is 1. The number of amides is 3. The van der Waals surface area contributed by atoms with E-state index in [1.165, 1.54) is 6.42 Å². The van der Waals surface area contributed by atoms with Crippen molar-refractivity contribution in [2.24, 2.45) is 23.7 Å². The van der Waals surface area contributed by atoms with Gasteiger partial charge in [0.05, 0.1) is 17.9 Å². The number of ether oxygens (including phenoxy) is 1. The molecule has 2 saturated heterocycles. The van der Waals surface area contributed by atoms with Crippen LogP contribution in [-0.2, 0) is 19.1 Å². The van der Waals surface area contributed by atoms with Crippen LogP contribution in [0.1, 0.15) is 58.4 Å². The molecule has 0 radical (unpaired) electrons. The molecule has 3 fully saturated rings. The van der Waals surface area contributed by atoms with Crippen molar-refractivity contribution in [1.29, 1.82) is 0 Å². The number of carbonyl (C=O) groups is 3. The summed E-state index contributed by atoms with van der Waals surface area (Å²) < 4.78 is 6.44. The number of nitrogens with zero attached hydrogens (tertiary/aromatic N) is 1. The molecule has 3 aliphatic heterocycles. The quantitative estimate of drug-likeness (QED) is 0.565. The first-order valence-corrected chi connectivity index (χ1v) is 13.6. The molecule has 5 rings (SSSR count). The first kappa shape index (κ1) is 25.0. The Kier molecular flexibility index (Phi) is 6.70. The van der Waals surface area contributed by atoms with Crippen LogP contribution in [0.3, 0.4) is 0 Å². The molecule has 1 aromatic rings. The SMILES string of the molecule is Cc1cccc(NC(=O)[C@H]2[C@H]3C=C[C@@]4(O3)[C@H]2C(=O)N(CCC(C)C)[C@@H]4C(=O)N[C@@H]2CCCC[C@@H]2C)c1. The minimum atomic E-state index is -1.10. The maximum Gasteiger partial charge on any atom is 0.246 e. The second kappa shape index (κ2) is 9.66. The lowest BCUT2D eigenvalue weighted by atomic mass is 9.74. The summed E-state index contributed by atoms with van der Waals surface area (Å²) in [6.07, 6.45) is 8.37. The highest BCUT2D eigenvalue weighted by molar-refractivity contribution is 6.02. The molecule has 1 aromatic carbocycles. The molecule has 194 valence electrons. The highest BCUT2D eigenvalue weighted by Crippen LogP contribution is 2.55. The molecule has 0 aromatic heterocycles. The van der Waals surface area contributed by atoms with Crippen molar-refractivity contribution in [1.82, 2.24) is 10.2 Å². The van der Waals surface area contributed by atoms with Crippen molar-refractivity contribution in [3.8, 4) is 0 Å². The Hall–Kier alpha value is -2.67. The minimum absolute atomic E-state index is 0.103. The van der Waals surface area contributed by atoms with Crippen LogP contribution in [0.5, 0.6) is 0 Å². The second-order valence-electron chi connectivity index (χ2n) is 11.7. The van der Waals surface area contributed by atoms with Gasteiger partial charge >= 0.3 is 0 Å². The fourth-order valence-corrected chi connectivity index (χ4v) is 6.65. The molecule has 1 aliphatic carbocycles. The van der Waals surface area contributed by atoms with Gasteiger partial charge < -0.3 is 20.3 Å². The summed E-state index contributed by atoms with van der Waals surface area (Å²) in [4.78, 5) is 43.0. The zero-order valence-corrected chi connectivity index (χ0v) is 21.8. The van der Waals surface area contributed by atoms with Crippen LogP contribution in [0.2, 0.25) is 0 Å². The lowest BCUT2D eigenvalue weighted by molar-refractivity contribution is -0.141. The van der Waals surface area contributed by atoms with Crippen molar-refractivity contribution < 1.29 is 19.1 Å². The van der Waals surface area contributed by atoms with E-state index in [1.54, 1.807) is 4.90 Å². The Balaban J connectivity index is 1.43. The number of fused-ring (bicyclic) bond motifs is 1. The van der Waals surface area contributed by atoms with E-state index >= 15 is 0 Å². The molecule has 36 heavy (non-hydrogen) atoms. The summed E-state index contributed by atoms with van der Waals surface area (Å²) in [6, 6.07) is 6.96. The molecule has 7 heteroatoms. The largest absolute Gasteiger partial charge is 0.359 e. The highest BCUT2D eigenvalue weighted by atomic mass is 16.5. The lowest BCUT2D eigenvalue weighted by Crippen LogP contribution is -2.57. The zero-order valence-electron chi connectivity index (χ0n) is 21.8. The molecule has 4 aliphatic rings. The molecule has 1 spiro atoms. The number of hydrogen-bond acceptors (Lipinski definition) is 4. The predicted molar refractivity (Wildman–Crippen MR) is 138 cm³/mol. The Labute approximate surface area is 214 Å². The summed E-state index contributed by atoms with van der Waals surface area (Å²) in [7, 11) is 0. The third-order valence-corrected chi connectivity index (χ3v) is 8.60. The molecular formula is C29H39N3O4. The number of nitrogens with one attached hydrogen (secondary N) is 2. The van der Waals surface area contributed by atoms with E-state index in [0.717, 1.165) is 31.2 Å². The average Bonchev–Trinajstić information content (AvgIpc) is 3.46. The van der Waals surface area contributed by atoms with Crippen LogP contribution in [0, 0.1) is 30.6 Å². The lowest BCUT2D eigenvalue weighted by Gasteiger charge is -2.36. The van der Waals surface area contributed by atoms with Gasteiger partial charge in [0.15, 0.2) is 0 Å². The summed E-state index contributed by atoms with van der Waals surface area (Å²) in [5, 5.41) is 6.28. The van der Waals surface area contributed by atoms with Gasteiger partial charge in [-0.3, -0.25) is 14.4 Å². The van der Waals surface area contributed by atoms with Crippen LogP contribution >= 0.6 is 0 Å². The number of rotatable bonds is 7. The van der Waals surface area contributed by atoms with Crippen molar-refractivity contribution in [2.75, 3.05) is 11.9 Å². The third-order valence-electron chi connectivity index (χ3n) is 8.60. The maximum absolute atomic E-state index is 13.9. The Morgan fingerprint density at radius 3 is 2.69 bits per heavy atom. The van der Waals surface area contributed by atoms with Crippen LogP contribution in [0.4, 0.5) is 5.69 Å². The minimum Gasteiger partial charge on any atom is -0.359 e. The molecular weight excluding hydrogens is 454 g/mol. The Bertz CT molecular complexity index is 1070. The van der Waals surface area contributed by atoms with Crippen LogP contribution < -0.4 is 10.6 Å². The van der Waals surface area contributed by atoms with Crippen molar-refractivity contribution >= 4 is 23.4 Å². The average molecular weight is 494 g/mol. The molecule has 2 N–H and O–H groups in total. The van der Waals surface area contributed by atoms with Gasteiger partial charge in [0.2, 0.25) is 17.7 Å². The molecule has 0 unspecified atom stereocenters. The summed E-state index contributed by atoms with van der Waals surface area (Å²) >= 11 is 0. The van der Waals surface area contributed by atoms with Gasteiger partial charge in [-0.15, -0.1) is 0 Å². The second-order valence-corrected chi connectivity index (χ2v) is 11.7. The van der Waals surface area contributed by atoms with E-state index in [0.29, 0.717) is 24.1 Å². The summed E-state index contributed by atoms with van der Waals surface area (Å²) in [5.41, 5.74) is 0.636. The Morgan fingerprint density at radius 1 is 1.19 bits per heavy atom. The van der Waals surface area contributed by atoms with Crippen LogP contribution in [0.25, 0.3) is 0 Å². The van der Waals surface area contributed by atoms with Gasteiger partial charge in [0.25, 0.3) is 0 Å². The van der Waals surface area contributed by atoms with E-state index in [4.69, 9.17) is 4.74 Å². The normalized spacial score (nSPS) is 34.8. The van der Waals surface area contributed by atoms with Crippen molar-refractivity contribution in [3.05, 3.63) is 42.0 Å². The number of carbonyl (C=O) groups excluding carboxylic acids is 3. The molecule has 3 heterocycles. The molecule has 1 saturated carbocycles. The van der Waals surface area contributed by atoms with Gasteiger partial charge in [-0.2, -0.15) is 0 Å². The highest BCUT2D eigenvalue weighted by Gasteiger charge is 2.72. The third kappa shape index (κ3) is 4.25. The van der Waals surface area contributed by atoms with E-state index in [2.05, 4.69) is 31.4 Å². The number of benzene rings is 1. The predicted octanol–water partition coefficient (Wildman–Crippen LogP) is 3.83. The van der Waals surface area contributed by atoms with Gasteiger partial charge in [-0.1, -0.05) is 57.9 Å². The van der Waals surface area contributed by atoms with Crippen LogP contribution in [-0.4, -0.2) is 53.0 Å². The zero-order chi connectivity index (χ0) is 25.6. The fourth-order valence-electron chi connectivity index (χ4n) is 6.65. The first-order chi connectivity index (χ1) is 17.2. The van der Waals surface area contributed by atoms with E-state index in [-0.39, 0.29) is 23.8 Å². The standard InChI is InChI=1S/C29H39N3O4/c1-17(2)13-15-32-25(27(34)31-21-11-6-5-9-19(21)4)29-14-12-22(36-29)23(24(29)28(32)35)26(33)30-20-10-7-8-18(3)16-20/h7-8,10,12,14,16-17,19,21-25H,5-6,9,11,13,15H2,1-4H3,(H,30,33)(H,31,34)/t19-,21+,22+,23-,24+,25+,29+/m0/s1. The molecule has 7 nitrogen and oxygen atoms in total. The summed E-state index contributed by atoms with van der Waals surface area (Å²) in [6.45, 7) is 8.85. The smallest absolute Gasteiger partial charge is 0.246 e. The van der Waals surface area contributed by atoms with E-state index in [9.17, 15) is 14.4 Å². The molecule has 3 amide bonds. The topological polar surface area (TPSA) is 87.7 Å². The van der Waals surface area contributed by atoms with Gasteiger partial charge in [0.1, 0.15) is 11.6 Å². The van der Waals surface area contributed by atoms with Gasteiger partial charge in [0, 0.05) is 18.3 Å². The Morgan fingerprint density at radius 2 is 1.97 bits per heavy atom. The maximum atomic E-state index is 13.9. The molecule has 7 atom stereocenters. The van der Waals surface area contributed by atoms with Gasteiger partial charge in [-0.25, -0.2) is 0 Å².